The summed E-state index contributed by atoms with van der Waals surface area (Å²) in [6, 6.07) is 12.6. The second kappa shape index (κ2) is 18.8. The number of aliphatic hydroxyl groups excluding tert-OH is 1. The van der Waals surface area contributed by atoms with Crippen LogP contribution < -0.4 is 16.4 Å². The van der Waals surface area contributed by atoms with Crippen molar-refractivity contribution >= 4 is 90.5 Å². The van der Waals surface area contributed by atoms with E-state index in [1.807, 2.05) is 12.4 Å². The Bertz CT molecular complexity index is 2780. The van der Waals surface area contributed by atoms with Crippen molar-refractivity contribution in [2.75, 3.05) is 23.8 Å². The summed E-state index contributed by atoms with van der Waals surface area (Å²) in [5, 5.41) is 18.6. The number of benzene rings is 2. The molecule has 4 aromatic heterocycles. The molecular formula is C48H53N9O5S2. The molecule has 64 heavy (non-hydrogen) atoms. The summed E-state index contributed by atoms with van der Waals surface area (Å²) >= 11 is 3.49. The second-order valence-corrected chi connectivity index (χ2v) is 20.0. The number of aliphatic hydroxyl groups is 1. The molecule has 2 unspecified atom stereocenters. The fourth-order valence-corrected chi connectivity index (χ4v) is 11.5. The van der Waals surface area contributed by atoms with Gasteiger partial charge in [0.05, 0.1) is 23.9 Å². The molecule has 332 valence electrons. The largest absolute Gasteiger partial charge is 0.509 e. The number of nitrogens with zero attached hydrogens (tertiary/aromatic N) is 6. The third-order valence-corrected chi connectivity index (χ3v) is 14.5. The molecule has 3 atom stereocenters. The smallest absolute Gasteiger partial charge is 0.429 e. The second-order valence-electron chi connectivity index (χ2n) is 17.9. The Kier molecular flexibility index (Phi) is 12.8. The number of ether oxygens (including phenoxy) is 2. The molecule has 0 saturated carbocycles. The SMILES string of the molecule is CC(C)(C)OC(=O)O[C@@H](CCO)C(=O)CCC1CCc2c(sc3ncnc(Nc4ccc5c(c4)C=NC5)c23)C1.NCC1CCc2c(sc3ncnc(Nc4ccc5c(c4)C=NC5)c23)C1. The van der Waals surface area contributed by atoms with Gasteiger partial charge in [-0.05, 0) is 142 Å². The van der Waals surface area contributed by atoms with Crippen LogP contribution in [0.3, 0.4) is 0 Å². The molecule has 0 bridgehead atoms. The number of nitrogens with one attached hydrogen (secondary N) is 2. The summed E-state index contributed by atoms with van der Waals surface area (Å²) in [7, 11) is 0. The third kappa shape index (κ3) is 9.70. The Morgan fingerprint density at radius 3 is 1.89 bits per heavy atom. The molecule has 0 amide bonds. The molecule has 5 N–H and O–H groups in total. The van der Waals surface area contributed by atoms with E-state index in [9.17, 15) is 14.7 Å². The van der Waals surface area contributed by atoms with Crippen molar-refractivity contribution in [3.8, 4) is 0 Å². The van der Waals surface area contributed by atoms with Crippen LogP contribution >= 0.6 is 22.7 Å². The summed E-state index contributed by atoms with van der Waals surface area (Å²) in [5.74, 6) is 2.47. The number of Topliss-reactive ketones (excluding diaryl/α,β-unsaturated/α-hetero) is 1. The van der Waals surface area contributed by atoms with Crippen molar-refractivity contribution in [1.82, 2.24) is 19.9 Å². The summed E-state index contributed by atoms with van der Waals surface area (Å²) in [6.07, 6.45) is 12.3. The summed E-state index contributed by atoms with van der Waals surface area (Å²) in [4.78, 5) is 56.5. The maximum absolute atomic E-state index is 12.9. The highest BCUT2D eigenvalue weighted by molar-refractivity contribution is 7.19. The van der Waals surface area contributed by atoms with E-state index >= 15 is 0 Å². The predicted octanol–water partition coefficient (Wildman–Crippen LogP) is 8.96. The first kappa shape index (κ1) is 43.6. The Morgan fingerprint density at radius 1 is 0.812 bits per heavy atom. The van der Waals surface area contributed by atoms with Gasteiger partial charge in [0.2, 0.25) is 0 Å². The van der Waals surface area contributed by atoms with Gasteiger partial charge < -0.3 is 30.9 Å². The Balaban J connectivity index is 0.000000177. The number of carbonyl (C=O) groups is 2. The molecule has 2 aromatic carbocycles. The first-order valence-electron chi connectivity index (χ1n) is 22.0. The molecule has 4 aliphatic rings. The highest BCUT2D eigenvalue weighted by Gasteiger charge is 2.30. The van der Waals surface area contributed by atoms with Crippen LogP contribution in [0.5, 0.6) is 0 Å². The normalized spacial score (nSPS) is 17.5. The first-order chi connectivity index (χ1) is 31.0. The van der Waals surface area contributed by atoms with E-state index in [-0.39, 0.29) is 25.2 Å². The van der Waals surface area contributed by atoms with Gasteiger partial charge in [0.15, 0.2) is 11.9 Å². The number of aliphatic imine (C=N–C) groups is 2. The van der Waals surface area contributed by atoms with Crippen molar-refractivity contribution < 1.29 is 24.2 Å². The number of nitrogens with two attached hydrogens (primary N) is 1. The van der Waals surface area contributed by atoms with Gasteiger partial charge in [0, 0.05) is 53.0 Å². The van der Waals surface area contributed by atoms with E-state index in [0.29, 0.717) is 18.3 Å². The van der Waals surface area contributed by atoms with E-state index in [2.05, 4.69) is 77.0 Å². The maximum atomic E-state index is 12.9. The monoisotopic (exact) mass is 899 g/mol. The zero-order valence-electron chi connectivity index (χ0n) is 36.4. The van der Waals surface area contributed by atoms with Crippen LogP contribution in [0.1, 0.15) is 96.0 Å². The highest BCUT2D eigenvalue weighted by Crippen LogP contribution is 2.42. The van der Waals surface area contributed by atoms with Gasteiger partial charge in [-0.3, -0.25) is 14.8 Å². The van der Waals surface area contributed by atoms with Crippen LogP contribution in [-0.4, -0.2) is 74.3 Å². The summed E-state index contributed by atoms with van der Waals surface area (Å²) < 4.78 is 10.4. The fraction of sp³-hybridized carbons (Fsp3) is 0.417. The maximum Gasteiger partial charge on any atom is 0.509 e. The zero-order valence-corrected chi connectivity index (χ0v) is 38.0. The number of ketones is 1. The highest BCUT2D eigenvalue weighted by atomic mass is 32.1. The number of aryl methyl sites for hydroxylation is 2. The molecule has 6 heterocycles. The van der Waals surface area contributed by atoms with Crippen LogP contribution in [0.4, 0.5) is 27.8 Å². The minimum Gasteiger partial charge on any atom is -0.429 e. The van der Waals surface area contributed by atoms with E-state index in [1.165, 1.54) is 43.0 Å². The number of anilines is 4. The zero-order chi connectivity index (χ0) is 44.4. The number of thiophene rings is 2. The molecule has 6 aromatic rings. The Labute approximate surface area is 379 Å². The lowest BCUT2D eigenvalue weighted by Crippen LogP contribution is -2.32. The number of hydrogen-bond acceptors (Lipinski definition) is 16. The van der Waals surface area contributed by atoms with Gasteiger partial charge in [0.1, 0.15) is 39.6 Å². The van der Waals surface area contributed by atoms with Crippen molar-refractivity contribution in [2.24, 2.45) is 27.6 Å². The van der Waals surface area contributed by atoms with E-state index in [4.69, 9.17) is 15.2 Å². The number of aromatic nitrogens is 4. The molecule has 0 fully saturated rings. The lowest BCUT2D eigenvalue weighted by atomic mass is 9.84. The van der Waals surface area contributed by atoms with E-state index in [1.54, 1.807) is 56.1 Å². The predicted molar refractivity (Wildman–Crippen MR) is 254 cm³/mol. The van der Waals surface area contributed by atoms with Crippen LogP contribution in [0.2, 0.25) is 0 Å². The molecule has 0 spiro atoms. The van der Waals surface area contributed by atoms with Gasteiger partial charge in [-0.15, -0.1) is 22.7 Å². The number of fused-ring (bicyclic) bond motifs is 8. The van der Waals surface area contributed by atoms with Gasteiger partial charge >= 0.3 is 6.16 Å². The summed E-state index contributed by atoms with van der Waals surface area (Å²) in [5.41, 5.74) is 14.7. The summed E-state index contributed by atoms with van der Waals surface area (Å²) in [6.45, 7) is 7.23. The van der Waals surface area contributed by atoms with Gasteiger partial charge in [-0.2, -0.15) is 0 Å². The molecule has 2 aliphatic carbocycles. The Hall–Kier alpha value is -5.68. The molecule has 0 radical (unpaired) electrons. The van der Waals surface area contributed by atoms with Crippen LogP contribution in [0.25, 0.3) is 20.4 Å². The molecule has 14 nitrogen and oxygen atoms in total. The van der Waals surface area contributed by atoms with Crippen molar-refractivity contribution in [3.05, 3.63) is 92.2 Å². The standard InChI is InChI=1S/C29H34N4O5S.C19H19N5S/c1-29(2,3)38-28(36)37-23(10-11-34)22(35)9-5-17-4-8-21-24(12-17)39-27-25(21)26(31-16-32-27)33-20-7-6-18-14-30-15-19(18)13-20;20-7-11-1-4-15-16(5-11)25-19-17(15)18(22-10-23-19)24-14-3-2-12-8-21-9-13(12)6-14/h6-7,13,15-17,23,34H,4-5,8-12,14H2,1-3H3,(H,31,32,33);2-3,6,9-11H,1,4-5,7-8,20H2,(H,22,23,24)/t17?,23-;/m0./s1. The lowest BCUT2D eigenvalue weighted by molar-refractivity contribution is -0.131. The average Bonchev–Trinajstić information content (AvgIpc) is 4.09. The molecule has 2 aliphatic heterocycles. The fourth-order valence-electron chi connectivity index (χ4n) is 8.93. The quantitative estimate of drug-likeness (QED) is 0.0852. The molecule has 0 saturated heterocycles. The van der Waals surface area contributed by atoms with E-state index in [0.717, 1.165) is 102 Å². The van der Waals surface area contributed by atoms with Crippen molar-refractivity contribution in [3.63, 3.8) is 0 Å². The number of hydrogen-bond donors (Lipinski definition) is 4. The van der Waals surface area contributed by atoms with Crippen LogP contribution in [-0.2, 0) is 53.0 Å². The third-order valence-electron chi connectivity index (χ3n) is 12.2. The van der Waals surface area contributed by atoms with Crippen LogP contribution in [0.15, 0.2) is 59.0 Å². The topological polar surface area (TPSA) is 199 Å². The number of rotatable bonds is 12. The van der Waals surface area contributed by atoms with Gasteiger partial charge in [0.25, 0.3) is 0 Å². The Morgan fingerprint density at radius 2 is 1.36 bits per heavy atom. The van der Waals surface area contributed by atoms with Crippen molar-refractivity contribution in [2.45, 2.75) is 103 Å². The lowest BCUT2D eigenvalue weighted by Gasteiger charge is -2.24. The van der Waals surface area contributed by atoms with Crippen LogP contribution in [0, 0.1) is 11.8 Å². The first-order valence-corrected chi connectivity index (χ1v) is 23.7. The molecule has 16 heteroatoms. The minimum atomic E-state index is -0.997. The van der Waals surface area contributed by atoms with E-state index < -0.39 is 17.9 Å². The molecular weight excluding hydrogens is 847 g/mol. The van der Waals surface area contributed by atoms with Gasteiger partial charge in [-0.1, -0.05) is 12.1 Å². The molecule has 10 rings (SSSR count). The van der Waals surface area contributed by atoms with Gasteiger partial charge in [-0.25, -0.2) is 24.7 Å². The number of carbonyl (C=O) groups excluding carboxylic acids is 2. The minimum absolute atomic E-state index is 0.0642. The average molecular weight is 900 g/mol. The van der Waals surface area contributed by atoms with Crippen molar-refractivity contribution in [1.29, 1.82) is 0 Å².